The summed E-state index contributed by atoms with van der Waals surface area (Å²) in [7, 11) is 2.93. The van der Waals surface area contributed by atoms with Crippen LogP contribution >= 0.6 is 11.6 Å². The molecule has 11 nitrogen and oxygen atoms in total. The summed E-state index contributed by atoms with van der Waals surface area (Å²) in [6, 6.07) is 10.6. The van der Waals surface area contributed by atoms with Crippen LogP contribution in [0.5, 0.6) is 5.75 Å². The maximum absolute atomic E-state index is 12.8. The second-order valence-electron chi connectivity index (χ2n) is 15.1. The molecule has 3 aliphatic heterocycles. The quantitative estimate of drug-likeness (QED) is 0.136. The lowest BCUT2D eigenvalue weighted by Gasteiger charge is -2.68. The number of halogens is 1. The van der Waals surface area contributed by atoms with Crippen LogP contribution in [0.3, 0.4) is 0 Å². The van der Waals surface area contributed by atoms with Gasteiger partial charge >= 0.3 is 11.9 Å². The number of nitrogens with zero attached hydrogens (tertiary/aromatic N) is 1. The number of aliphatic carboxylic acids is 1. The Balaban J connectivity index is 1.10. The second kappa shape index (κ2) is 12.4. The number of benzene rings is 2. The van der Waals surface area contributed by atoms with Crippen LogP contribution in [0.4, 0.5) is 0 Å². The Bertz CT molecular complexity index is 1820. The summed E-state index contributed by atoms with van der Waals surface area (Å²) in [4.78, 5) is 50.7. The molecule has 7 aliphatic rings. The number of carboxylic acids is 1. The molecule has 0 radical (unpaired) electrons. The molecule has 12 heteroatoms. The molecular formula is C39H42ClNO10. The minimum absolute atomic E-state index is 0.0461. The Hall–Kier alpha value is -3.74. The van der Waals surface area contributed by atoms with E-state index in [1.165, 1.54) is 24.5 Å². The van der Waals surface area contributed by atoms with Crippen LogP contribution in [-0.2, 0) is 46.0 Å². The van der Waals surface area contributed by atoms with Gasteiger partial charge in [-0.15, -0.1) is 0 Å². The lowest BCUT2D eigenvalue weighted by atomic mass is 9.47. The molecule has 4 aliphatic carbocycles. The molecule has 3 heterocycles. The van der Waals surface area contributed by atoms with E-state index in [9.17, 15) is 24.6 Å². The monoisotopic (exact) mass is 719 g/mol. The largest absolute Gasteiger partial charge is 0.487 e. The number of carboxylic acid groups (broad SMARTS) is 1. The number of amides is 1. The van der Waals surface area contributed by atoms with Gasteiger partial charge in [0.1, 0.15) is 18.1 Å². The maximum Gasteiger partial charge on any atom is 0.352 e. The zero-order chi connectivity index (χ0) is 36.0. The highest BCUT2D eigenvalue weighted by molar-refractivity contribution is 6.33. The van der Waals surface area contributed by atoms with E-state index in [1.54, 1.807) is 20.1 Å². The number of methoxy groups -OCH3 is 2. The van der Waals surface area contributed by atoms with E-state index < -0.39 is 41.4 Å². The number of hydrogen-bond donors (Lipinski definition) is 2. The molecule has 51 heavy (non-hydrogen) atoms. The highest BCUT2D eigenvalue weighted by Gasteiger charge is 2.77. The predicted molar refractivity (Wildman–Crippen MR) is 183 cm³/mol. The Morgan fingerprint density at radius 2 is 1.71 bits per heavy atom. The fourth-order valence-corrected chi connectivity index (χ4v) is 10.9. The van der Waals surface area contributed by atoms with Gasteiger partial charge in [-0.25, -0.2) is 14.5 Å². The van der Waals surface area contributed by atoms with Crippen molar-refractivity contribution in [2.75, 3.05) is 14.2 Å². The number of aliphatic hydroxyl groups excluding tert-OH is 1. The minimum atomic E-state index is -1.23. The van der Waals surface area contributed by atoms with Crippen molar-refractivity contribution >= 4 is 41.1 Å². The van der Waals surface area contributed by atoms with Gasteiger partial charge in [-0.1, -0.05) is 54.9 Å². The SMILES string of the molecule is COC(=O)/C=C/c1ccc([C@@]2(OC)OOC23[C@H]2CC4CC(C2)C[C@@H]3C4)c(Cl)c1OCc1ccc(C2=C(C(=O)O)N3C(=O)[C@H]([C@@H](C)O)[C@H]3[C@H]2C)cc1. The number of β-lactam (4-membered cyclic amide) rings is 1. The number of esters is 1. The highest BCUT2D eigenvalue weighted by atomic mass is 35.5. The first-order chi connectivity index (χ1) is 24.4. The molecule has 6 fully saturated rings. The molecule has 9 rings (SSSR count). The molecule has 5 atom stereocenters. The maximum atomic E-state index is 12.8. The Morgan fingerprint density at radius 1 is 1.04 bits per heavy atom. The smallest absolute Gasteiger partial charge is 0.352 e. The lowest BCUT2D eigenvalue weighted by Crippen LogP contribution is -2.76. The summed E-state index contributed by atoms with van der Waals surface area (Å²) >= 11 is 7.25. The third-order valence-corrected chi connectivity index (χ3v) is 12.9. The van der Waals surface area contributed by atoms with Gasteiger partial charge < -0.3 is 29.3 Å². The van der Waals surface area contributed by atoms with Crippen molar-refractivity contribution in [3.8, 4) is 5.75 Å². The van der Waals surface area contributed by atoms with Gasteiger partial charge in [0.05, 0.1) is 30.2 Å². The van der Waals surface area contributed by atoms with Crippen molar-refractivity contribution < 1.29 is 48.6 Å². The van der Waals surface area contributed by atoms with Crippen molar-refractivity contribution in [3.63, 3.8) is 0 Å². The lowest BCUT2D eigenvalue weighted by molar-refractivity contribution is -0.645. The molecule has 2 saturated heterocycles. The van der Waals surface area contributed by atoms with E-state index in [0.717, 1.165) is 31.2 Å². The van der Waals surface area contributed by atoms with Gasteiger partial charge in [0.25, 0.3) is 5.79 Å². The van der Waals surface area contributed by atoms with E-state index >= 15 is 0 Å². The van der Waals surface area contributed by atoms with Gasteiger partial charge in [0.2, 0.25) is 5.91 Å². The van der Waals surface area contributed by atoms with Crippen LogP contribution in [0.15, 0.2) is 48.2 Å². The van der Waals surface area contributed by atoms with E-state index in [2.05, 4.69) is 0 Å². The average molecular weight is 720 g/mol. The summed E-state index contributed by atoms with van der Waals surface area (Å²) in [5.41, 5.74) is 2.44. The summed E-state index contributed by atoms with van der Waals surface area (Å²) in [6.45, 7) is 3.54. The van der Waals surface area contributed by atoms with Gasteiger partial charge in [0, 0.05) is 30.2 Å². The van der Waals surface area contributed by atoms with Gasteiger partial charge in [-0.05, 0) is 85.5 Å². The Labute approximate surface area is 301 Å². The van der Waals surface area contributed by atoms with Gasteiger partial charge in [0.15, 0.2) is 5.60 Å². The van der Waals surface area contributed by atoms with Crippen molar-refractivity contribution in [1.82, 2.24) is 4.90 Å². The zero-order valence-corrected chi connectivity index (χ0v) is 29.7. The first kappa shape index (κ1) is 34.4. The Morgan fingerprint density at radius 3 is 2.25 bits per heavy atom. The molecule has 4 saturated carbocycles. The molecular weight excluding hydrogens is 678 g/mol. The topological polar surface area (TPSA) is 141 Å². The Kier molecular flexibility index (Phi) is 8.38. The van der Waals surface area contributed by atoms with Crippen molar-refractivity contribution in [1.29, 1.82) is 0 Å². The number of ether oxygens (including phenoxy) is 3. The van der Waals surface area contributed by atoms with Crippen LogP contribution in [-0.4, -0.2) is 64.9 Å². The molecule has 2 N–H and O–H groups in total. The molecule has 1 spiro atoms. The zero-order valence-electron chi connectivity index (χ0n) is 29.0. The fourth-order valence-electron chi connectivity index (χ4n) is 10.5. The van der Waals surface area contributed by atoms with Crippen molar-refractivity contribution in [2.24, 2.45) is 35.5 Å². The van der Waals surface area contributed by atoms with Crippen LogP contribution in [0, 0.1) is 35.5 Å². The van der Waals surface area contributed by atoms with Crippen LogP contribution in [0.2, 0.25) is 5.02 Å². The standard InChI is InChI=1S/C39H42ClNO10/c1-19-30(34(37(45)46)41-33(19)31(20(2)42)36(41)44)24-7-5-21(6-8-24)18-49-35-25(10-12-29(43)47-3)9-11-28(32(35)40)39(48-4)38(50-51-39)26-14-22-13-23(16-26)17-27(38)15-22/h5-12,19-20,22-23,26-27,31,33,42H,13-18H2,1-4H3,(H,45,46)/b12-10+/t19-,20+,22?,23?,26-,27-,31+,33+,38?,39+/m0/s1. The number of carbonyl (C=O) groups excluding carboxylic acids is 2. The average Bonchev–Trinajstić information content (AvgIpc) is 3.35. The first-order valence-electron chi connectivity index (χ1n) is 17.7. The fraction of sp³-hybridized carbons (Fsp3) is 0.513. The molecule has 2 aromatic carbocycles. The normalized spacial score (nSPS) is 35.2. The summed E-state index contributed by atoms with van der Waals surface area (Å²) < 4.78 is 17.5. The first-order valence-corrected chi connectivity index (χ1v) is 18.0. The van der Waals surface area contributed by atoms with Gasteiger partial charge in [-0.3, -0.25) is 4.79 Å². The summed E-state index contributed by atoms with van der Waals surface area (Å²) in [6.07, 6.45) is 7.56. The number of fused-ring (bicyclic) bond motifs is 1. The summed E-state index contributed by atoms with van der Waals surface area (Å²) in [5.74, 6) is -1.96. The molecule has 0 unspecified atom stereocenters. The van der Waals surface area contributed by atoms with Crippen LogP contribution < -0.4 is 4.74 Å². The van der Waals surface area contributed by atoms with Crippen LogP contribution in [0.1, 0.15) is 68.2 Å². The molecule has 4 bridgehead atoms. The predicted octanol–water partition coefficient (Wildman–Crippen LogP) is 5.71. The van der Waals surface area contributed by atoms with E-state index in [-0.39, 0.29) is 41.0 Å². The highest BCUT2D eigenvalue weighted by Crippen LogP contribution is 2.70. The van der Waals surface area contributed by atoms with Crippen LogP contribution in [0.25, 0.3) is 11.6 Å². The van der Waals surface area contributed by atoms with E-state index in [0.29, 0.717) is 39.8 Å². The minimum Gasteiger partial charge on any atom is -0.487 e. The van der Waals surface area contributed by atoms with E-state index in [1.807, 2.05) is 43.3 Å². The van der Waals surface area contributed by atoms with E-state index in [4.69, 9.17) is 35.6 Å². The second-order valence-corrected chi connectivity index (χ2v) is 15.5. The molecule has 2 aromatic rings. The summed E-state index contributed by atoms with van der Waals surface area (Å²) in [5, 5.41) is 20.6. The number of rotatable bonds is 10. The third kappa shape index (κ3) is 4.88. The number of carbonyl (C=O) groups is 3. The number of hydrogen-bond acceptors (Lipinski definition) is 9. The third-order valence-electron chi connectivity index (χ3n) is 12.6. The molecule has 270 valence electrons. The van der Waals surface area contributed by atoms with Crippen molar-refractivity contribution in [3.05, 3.63) is 75.4 Å². The molecule has 1 amide bonds. The van der Waals surface area contributed by atoms with Gasteiger partial charge in [-0.2, -0.15) is 4.89 Å². The number of aliphatic hydroxyl groups is 1. The van der Waals surface area contributed by atoms with Crippen molar-refractivity contribution in [2.45, 2.75) is 76.1 Å². The molecule has 0 aromatic heterocycles.